The Morgan fingerprint density at radius 1 is 1.32 bits per heavy atom. The molecule has 0 radical (unpaired) electrons. The maximum atomic E-state index is 11.9. The molecule has 0 bridgehead atoms. The number of hydrogen-bond donors (Lipinski definition) is 3. The van der Waals surface area contributed by atoms with Gasteiger partial charge >= 0.3 is 6.03 Å². The van der Waals surface area contributed by atoms with Gasteiger partial charge in [-0.05, 0) is 13.8 Å². The van der Waals surface area contributed by atoms with Crippen molar-refractivity contribution >= 4 is 16.1 Å². The molecule has 0 aliphatic heterocycles. The van der Waals surface area contributed by atoms with E-state index in [1.807, 2.05) is 20.8 Å². The average molecular weight is 335 g/mol. The number of methoxy groups -OCH3 is 1. The number of amides is 2. The Bertz CT molecular complexity index is 490. The van der Waals surface area contributed by atoms with Gasteiger partial charge in [-0.3, -0.25) is 0 Å². The third kappa shape index (κ3) is 4.57. The highest BCUT2D eigenvalue weighted by atomic mass is 32.2. The quantitative estimate of drug-likeness (QED) is 0.637. The van der Waals surface area contributed by atoms with Crippen LogP contribution in [-0.2, 0) is 14.8 Å². The Balaban J connectivity index is 2.39. The van der Waals surface area contributed by atoms with Gasteiger partial charge in [0.15, 0.2) is 0 Å². The van der Waals surface area contributed by atoms with Crippen molar-refractivity contribution in [2.24, 2.45) is 11.3 Å². The summed E-state index contributed by atoms with van der Waals surface area (Å²) in [4.78, 5) is 11.9. The lowest BCUT2D eigenvalue weighted by Crippen LogP contribution is -2.68. The molecule has 3 atom stereocenters. The minimum atomic E-state index is -3.36. The zero-order chi connectivity index (χ0) is 17.1. The van der Waals surface area contributed by atoms with Crippen molar-refractivity contribution in [1.82, 2.24) is 15.4 Å². The predicted molar refractivity (Wildman–Crippen MR) is 86.1 cm³/mol. The van der Waals surface area contributed by atoms with Crippen LogP contribution < -0.4 is 15.4 Å². The lowest BCUT2D eigenvalue weighted by atomic mass is 9.58. The fourth-order valence-electron chi connectivity index (χ4n) is 3.33. The molecule has 8 heteroatoms. The minimum absolute atomic E-state index is 0.00264. The van der Waals surface area contributed by atoms with Crippen LogP contribution >= 0.6 is 0 Å². The first-order valence-corrected chi connectivity index (χ1v) is 9.23. The summed E-state index contributed by atoms with van der Waals surface area (Å²) in [6.07, 6.45) is 0.105. The van der Waals surface area contributed by atoms with Gasteiger partial charge in [-0.25, -0.2) is 17.9 Å². The van der Waals surface area contributed by atoms with Crippen LogP contribution in [0.5, 0.6) is 0 Å². The third-order valence-corrected chi connectivity index (χ3v) is 5.72. The van der Waals surface area contributed by atoms with Crippen LogP contribution in [-0.4, -0.2) is 52.0 Å². The first-order valence-electron chi connectivity index (χ1n) is 7.58. The summed E-state index contributed by atoms with van der Waals surface area (Å²) in [6, 6.07) is -0.497. The van der Waals surface area contributed by atoms with E-state index in [4.69, 9.17) is 4.74 Å². The molecule has 7 nitrogen and oxygen atoms in total. The van der Waals surface area contributed by atoms with E-state index in [2.05, 4.69) is 15.4 Å². The van der Waals surface area contributed by atoms with Gasteiger partial charge in [-0.2, -0.15) is 0 Å². The molecule has 22 heavy (non-hydrogen) atoms. The van der Waals surface area contributed by atoms with Gasteiger partial charge in [-0.15, -0.1) is 0 Å². The fraction of sp³-hybridized carbons (Fsp3) is 0.929. The number of ether oxygens (including phenoxy) is 1. The normalized spacial score (nSPS) is 27.3. The summed E-state index contributed by atoms with van der Waals surface area (Å²) < 4.78 is 31.2. The first kappa shape index (κ1) is 19.2. The highest BCUT2D eigenvalue weighted by Crippen LogP contribution is 2.46. The number of nitrogens with one attached hydrogen (secondary N) is 3. The van der Waals surface area contributed by atoms with Crippen molar-refractivity contribution in [3.8, 4) is 0 Å². The molecular weight excluding hydrogens is 306 g/mol. The highest BCUT2D eigenvalue weighted by Gasteiger charge is 2.55. The molecule has 0 heterocycles. The SMILES string of the molecule is COC1C(C)C(NC(=O)NCCS(=O)(=O)NC(C)C)C1(C)C. The number of urea groups is 1. The van der Waals surface area contributed by atoms with Gasteiger partial charge in [0.05, 0.1) is 11.9 Å². The van der Waals surface area contributed by atoms with E-state index < -0.39 is 10.0 Å². The molecule has 0 aromatic heterocycles. The monoisotopic (exact) mass is 335 g/mol. The molecule has 0 aromatic rings. The van der Waals surface area contributed by atoms with Crippen LogP contribution in [0.2, 0.25) is 0 Å². The minimum Gasteiger partial charge on any atom is -0.380 e. The molecule has 3 N–H and O–H groups in total. The van der Waals surface area contributed by atoms with Gasteiger partial charge in [0.2, 0.25) is 10.0 Å². The molecule has 1 rings (SSSR count). The molecule has 0 spiro atoms. The van der Waals surface area contributed by atoms with Crippen LogP contribution in [0.25, 0.3) is 0 Å². The van der Waals surface area contributed by atoms with Gasteiger partial charge in [-0.1, -0.05) is 20.8 Å². The summed E-state index contributed by atoms with van der Waals surface area (Å²) in [6.45, 7) is 9.70. The molecule has 1 aliphatic carbocycles. The van der Waals surface area contributed by atoms with Crippen molar-refractivity contribution in [1.29, 1.82) is 0 Å². The lowest BCUT2D eigenvalue weighted by molar-refractivity contribution is -0.140. The van der Waals surface area contributed by atoms with Gasteiger partial charge in [0.1, 0.15) is 0 Å². The number of rotatable bonds is 7. The van der Waals surface area contributed by atoms with E-state index in [9.17, 15) is 13.2 Å². The Hall–Kier alpha value is -0.860. The van der Waals surface area contributed by atoms with Crippen LogP contribution in [0, 0.1) is 11.3 Å². The number of carbonyl (C=O) groups excluding carboxylic acids is 1. The maximum Gasteiger partial charge on any atom is 0.315 e. The van der Waals surface area contributed by atoms with Gasteiger partial charge < -0.3 is 15.4 Å². The summed E-state index contributed by atoms with van der Waals surface area (Å²) in [5, 5.41) is 5.49. The summed E-state index contributed by atoms with van der Waals surface area (Å²) in [5.41, 5.74) is -0.142. The molecule has 1 aliphatic rings. The molecule has 0 saturated heterocycles. The van der Waals surface area contributed by atoms with Crippen molar-refractivity contribution in [2.45, 2.75) is 52.8 Å². The van der Waals surface area contributed by atoms with Crippen molar-refractivity contribution in [3.63, 3.8) is 0 Å². The smallest absolute Gasteiger partial charge is 0.315 e. The maximum absolute atomic E-state index is 11.9. The molecule has 1 fully saturated rings. The third-order valence-electron chi connectivity index (χ3n) is 4.15. The van der Waals surface area contributed by atoms with E-state index in [-0.39, 0.29) is 47.8 Å². The fourth-order valence-corrected chi connectivity index (χ4v) is 4.54. The van der Waals surface area contributed by atoms with Crippen LogP contribution in [0.15, 0.2) is 0 Å². The molecular formula is C14H29N3O4S. The van der Waals surface area contributed by atoms with E-state index in [1.54, 1.807) is 21.0 Å². The Morgan fingerprint density at radius 3 is 2.36 bits per heavy atom. The van der Waals surface area contributed by atoms with Crippen LogP contribution in [0.3, 0.4) is 0 Å². The van der Waals surface area contributed by atoms with Gasteiger partial charge in [0.25, 0.3) is 0 Å². The molecule has 2 amide bonds. The zero-order valence-corrected chi connectivity index (χ0v) is 15.1. The molecule has 1 saturated carbocycles. The lowest BCUT2D eigenvalue weighted by Gasteiger charge is -2.56. The Kier molecular flexibility index (Phi) is 6.23. The number of hydrogen-bond acceptors (Lipinski definition) is 4. The topological polar surface area (TPSA) is 96.5 Å². The second-order valence-corrected chi connectivity index (χ2v) is 8.68. The van der Waals surface area contributed by atoms with Crippen molar-refractivity contribution in [3.05, 3.63) is 0 Å². The first-order chi connectivity index (χ1) is 10.0. The van der Waals surface area contributed by atoms with Crippen LogP contribution in [0.4, 0.5) is 4.79 Å². The molecule has 130 valence electrons. The Labute approximate surface area is 133 Å². The summed E-state index contributed by atoms with van der Waals surface area (Å²) >= 11 is 0. The van der Waals surface area contributed by atoms with Crippen molar-refractivity contribution in [2.75, 3.05) is 19.4 Å². The number of sulfonamides is 1. The Morgan fingerprint density at radius 2 is 1.91 bits per heavy atom. The highest BCUT2D eigenvalue weighted by molar-refractivity contribution is 7.89. The predicted octanol–water partition coefficient (Wildman–Crippen LogP) is 0.673. The van der Waals surface area contributed by atoms with Crippen molar-refractivity contribution < 1.29 is 17.9 Å². The summed E-state index contributed by atoms with van der Waals surface area (Å²) in [7, 11) is -1.68. The molecule has 0 aromatic carbocycles. The number of carbonyl (C=O) groups is 1. The van der Waals surface area contributed by atoms with Gasteiger partial charge in [0, 0.05) is 37.1 Å². The van der Waals surface area contributed by atoms with E-state index in [0.717, 1.165) is 0 Å². The second kappa shape index (κ2) is 7.14. The molecule has 3 unspecified atom stereocenters. The second-order valence-electron chi connectivity index (χ2n) is 6.81. The van der Waals surface area contributed by atoms with E-state index >= 15 is 0 Å². The largest absolute Gasteiger partial charge is 0.380 e. The van der Waals surface area contributed by atoms with E-state index in [1.165, 1.54) is 0 Å². The summed E-state index contributed by atoms with van der Waals surface area (Å²) in [5.74, 6) is 0.0835. The zero-order valence-electron chi connectivity index (χ0n) is 14.3. The van der Waals surface area contributed by atoms with Crippen LogP contribution in [0.1, 0.15) is 34.6 Å². The standard InChI is InChI=1S/C14H29N3O4S/c1-9(2)17-22(19,20)8-7-15-13(18)16-11-10(3)12(21-6)14(11,4)5/h9-12,17H,7-8H2,1-6H3,(H2,15,16,18). The van der Waals surface area contributed by atoms with E-state index in [0.29, 0.717) is 0 Å². The average Bonchev–Trinajstić information content (AvgIpc) is 2.34.